The van der Waals surface area contributed by atoms with E-state index in [1.165, 1.54) is 7.11 Å². The Morgan fingerprint density at radius 2 is 1.50 bits per heavy atom. The van der Waals surface area contributed by atoms with E-state index >= 15 is 0 Å². The second-order valence-electron chi connectivity index (χ2n) is 8.19. The molecule has 0 unspecified atom stereocenters. The van der Waals surface area contributed by atoms with Crippen molar-refractivity contribution < 1.29 is 31.5 Å². The number of Topliss-reactive ketones (excluding diaryl/α,β-unsaturated/α-hetero) is 1. The molecule has 0 amide bonds. The predicted molar refractivity (Wildman–Crippen MR) is 121 cm³/mol. The summed E-state index contributed by atoms with van der Waals surface area (Å²) < 4.78 is 73.9. The third-order valence-corrected chi connectivity index (χ3v) is 5.44. The maximum atomic E-state index is 14.0. The van der Waals surface area contributed by atoms with Crippen LogP contribution >= 0.6 is 15.9 Å². The average molecular weight is 541 g/mol. The smallest absolute Gasteiger partial charge is 0.218 e. The largest absolute Gasteiger partial charge is 0.481 e. The molecule has 3 aromatic rings. The Kier molecular flexibility index (Phi) is 7.21. The van der Waals surface area contributed by atoms with Gasteiger partial charge < -0.3 is 4.74 Å². The Labute approximate surface area is 200 Å². The molecule has 0 saturated carbocycles. The first-order valence-electron chi connectivity index (χ1n) is 9.83. The minimum absolute atomic E-state index is 0.0236. The molecule has 0 bridgehead atoms. The van der Waals surface area contributed by atoms with Crippen molar-refractivity contribution in [3.8, 4) is 17.0 Å². The van der Waals surface area contributed by atoms with E-state index in [1.807, 2.05) is 20.8 Å². The van der Waals surface area contributed by atoms with E-state index in [0.29, 0.717) is 22.9 Å². The summed E-state index contributed by atoms with van der Waals surface area (Å²) in [4.78, 5) is 20.8. The second kappa shape index (κ2) is 9.61. The maximum Gasteiger partial charge on any atom is 0.218 e. The quantitative estimate of drug-likeness (QED) is 0.0865. The summed E-state index contributed by atoms with van der Waals surface area (Å²) >= 11 is 3.23. The Morgan fingerprint density at radius 1 is 0.971 bits per heavy atom. The van der Waals surface area contributed by atoms with Gasteiger partial charge in [-0.05, 0) is 26.9 Å². The van der Waals surface area contributed by atoms with Crippen molar-refractivity contribution in [2.24, 2.45) is 4.99 Å². The van der Waals surface area contributed by atoms with Crippen molar-refractivity contribution in [2.75, 3.05) is 7.11 Å². The van der Waals surface area contributed by atoms with E-state index in [1.54, 1.807) is 30.3 Å². The Balaban J connectivity index is 2.28. The average Bonchev–Trinajstić information content (AvgIpc) is 2.80. The number of carbonyl (C=O) groups excluding carboxylic acids is 1. The first-order valence-corrected chi connectivity index (χ1v) is 10.6. The monoisotopic (exact) mass is 540 g/mol. The number of halogens is 6. The molecule has 0 atom stereocenters. The van der Waals surface area contributed by atoms with Gasteiger partial charge in [0.15, 0.2) is 23.3 Å². The number of hydrogen-bond acceptors (Lipinski definition) is 4. The van der Waals surface area contributed by atoms with Gasteiger partial charge in [0.25, 0.3) is 0 Å². The van der Waals surface area contributed by atoms with E-state index < -0.39 is 46.0 Å². The van der Waals surface area contributed by atoms with Gasteiger partial charge in [-0.3, -0.25) is 4.79 Å². The predicted octanol–water partition coefficient (Wildman–Crippen LogP) is 7.10. The molecule has 1 heterocycles. The molecule has 10 heteroatoms. The van der Waals surface area contributed by atoms with Crippen LogP contribution in [0.4, 0.5) is 27.6 Å². The number of pyridine rings is 1. The molecule has 0 fully saturated rings. The number of nitrogens with zero attached hydrogens (tertiary/aromatic N) is 2. The zero-order chi connectivity index (χ0) is 25.4. The molecule has 178 valence electrons. The zero-order valence-electron chi connectivity index (χ0n) is 18.4. The van der Waals surface area contributed by atoms with Crippen LogP contribution in [0.25, 0.3) is 11.1 Å². The second-order valence-corrected chi connectivity index (χ2v) is 8.95. The fourth-order valence-electron chi connectivity index (χ4n) is 3.39. The third-order valence-electron chi connectivity index (χ3n) is 4.87. The van der Waals surface area contributed by atoms with Crippen molar-refractivity contribution in [3.63, 3.8) is 0 Å². The van der Waals surface area contributed by atoms with Crippen LogP contribution < -0.4 is 4.74 Å². The number of ketones is 1. The lowest BCUT2D eigenvalue weighted by atomic mass is 9.80. The molecule has 0 aliphatic heterocycles. The number of aliphatic imine (C=N–C) groups is 1. The molecule has 0 radical (unpaired) electrons. The van der Waals surface area contributed by atoms with Gasteiger partial charge in [0.05, 0.1) is 18.9 Å². The first-order chi connectivity index (χ1) is 15.9. The Bertz CT molecular complexity index is 1280. The summed E-state index contributed by atoms with van der Waals surface area (Å²) in [6.45, 7) is 5.64. The standard InChI is InChI=1S/C24H18BrF5N2O2/c1-24(2,3)15-13(11-8-6-5-7-9-11)14(22(25)32-23(15)34-4)12(33)10-31-21-19(29)17(27)16(26)18(28)20(21)30/h5-10H,1-4H3. The van der Waals surface area contributed by atoms with Gasteiger partial charge >= 0.3 is 0 Å². The summed E-state index contributed by atoms with van der Waals surface area (Å²) in [7, 11) is 1.42. The summed E-state index contributed by atoms with van der Waals surface area (Å²) in [5, 5.41) is 0. The van der Waals surface area contributed by atoms with E-state index in [4.69, 9.17) is 4.74 Å². The molecule has 0 aliphatic carbocycles. The zero-order valence-corrected chi connectivity index (χ0v) is 20.0. The normalized spacial score (nSPS) is 11.8. The summed E-state index contributed by atoms with van der Waals surface area (Å²) in [6.07, 6.45) is 0.491. The number of hydrogen-bond donors (Lipinski definition) is 0. The maximum absolute atomic E-state index is 14.0. The van der Waals surface area contributed by atoms with E-state index in [-0.39, 0.29) is 16.0 Å². The molecule has 1 aromatic heterocycles. The van der Waals surface area contributed by atoms with Gasteiger partial charge in [-0.15, -0.1) is 0 Å². The lowest BCUT2D eigenvalue weighted by Gasteiger charge is -2.27. The van der Waals surface area contributed by atoms with Crippen LogP contribution in [-0.2, 0) is 5.41 Å². The Hall–Kier alpha value is -3.14. The van der Waals surface area contributed by atoms with Crippen LogP contribution in [0.3, 0.4) is 0 Å². The number of methoxy groups -OCH3 is 1. The number of aromatic nitrogens is 1. The molecule has 0 saturated heterocycles. The van der Waals surface area contributed by atoms with Crippen LogP contribution in [0.5, 0.6) is 5.88 Å². The van der Waals surface area contributed by atoms with Crippen molar-refractivity contribution in [1.29, 1.82) is 0 Å². The molecule has 0 spiro atoms. The number of carbonyl (C=O) groups is 1. The van der Waals surface area contributed by atoms with Crippen molar-refractivity contribution >= 4 is 33.6 Å². The molecule has 34 heavy (non-hydrogen) atoms. The van der Waals surface area contributed by atoms with Crippen LogP contribution in [-0.4, -0.2) is 24.1 Å². The Morgan fingerprint density at radius 3 is 2.00 bits per heavy atom. The van der Waals surface area contributed by atoms with Gasteiger partial charge in [0.2, 0.25) is 17.5 Å². The highest BCUT2D eigenvalue weighted by Crippen LogP contribution is 2.43. The van der Waals surface area contributed by atoms with Gasteiger partial charge in [0.1, 0.15) is 10.3 Å². The lowest BCUT2D eigenvalue weighted by molar-refractivity contribution is 0.107. The van der Waals surface area contributed by atoms with Gasteiger partial charge in [-0.2, -0.15) is 0 Å². The highest BCUT2D eigenvalue weighted by Gasteiger charge is 2.31. The van der Waals surface area contributed by atoms with Crippen molar-refractivity contribution in [2.45, 2.75) is 26.2 Å². The van der Waals surface area contributed by atoms with Gasteiger partial charge in [-0.1, -0.05) is 51.1 Å². The highest BCUT2D eigenvalue weighted by atomic mass is 79.9. The summed E-state index contributed by atoms with van der Waals surface area (Å²) in [5.74, 6) is -11.6. The summed E-state index contributed by atoms with van der Waals surface area (Å²) in [6, 6.07) is 8.77. The first kappa shape index (κ1) is 25.5. The SMILES string of the molecule is COc1nc(Br)c(C(=O)C=Nc2c(F)c(F)c(F)c(F)c2F)c(-c2ccccc2)c1C(C)(C)C. The fraction of sp³-hybridized carbons (Fsp3) is 0.208. The number of rotatable bonds is 5. The molecule has 2 aromatic carbocycles. The topological polar surface area (TPSA) is 51.5 Å². The summed E-state index contributed by atoms with van der Waals surface area (Å²) in [5.41, 5.74) is -0.471. The fourth-order valence-corrected chi connectivity index (χ4v) is 3.95. The van der Waals surface area contributed by atoms with Crippen LogP contribution in [0.2, 0.25) is 0 Å². The molecular formula is C24H18BrF5N2O2. The van der Waals surface area contributed by atoms with Crippen LogP contribution in [0, 0.1) is 29.1 Å². The number of benzene rings is 2. The van der Waals surface area contributed by atoms with Gasteiger partial charge in [0, 0.05) is 11.1 Å². The van der Waals surface area contributed by atoms with Crippen molar-refractivity contribution in [1.82, 2.24) is 4.98 Å². The minimum Gasteiger partial charge on any atom is -0.481 e. The van der Waals surface area contributed by atoms with Crippen LogP contribution in [0.15, 0.2) is 39.9 Å². The molecular weight excluding hydrogens is 523 g/mol. The minimum atomic E-state index is -2.32. The lowest BCUT2D eigenvalue weighted by Crippen LogP contribution is -2.19. The molecule has 0 aliphatic rings. The third kappa shape index (κ3) is 4.59. The van der Waals surface area contributed by atoms with Crippen molar-refractivity contribution in [3.05, 3.63) is 75.1 Å². The van der Waals surface area contributed by atoms with E-state index in [0.717, 1.165) is 0 Å². The van der Waals surface area contributed by atoms with Crippen LogP contribution in [0.1, 0.15) is 36.7 Å². The number of ether oxygens (including phenoxy) is 1. The van der Waals surface area contributed by atoms with E-state index in [2.05, 4.69) is 25.9 Å². The van der Waals surface area contributed by atoms with Gasteiger partial charge in [-0.25, -0.2) is 31.9 Å². The highest BCUT2D eigenvalue weighted by molar-refractivity contribution is 9.10. The van der Waals surface area contributed by atoms with E-state index in [9.17, 15) is 26.7 Å². The molecule has 3 rings (SSSR count). The molecule has 0 N–H and O–H groups in total. The molecule has 4 nitrogen and oxygen atoms in total.